The van der Waals surface area contributed by atoms with Crippen molar-refractivity contribution in [2.45, 2.75) is 37.6 Å². The molecule has 1 fully saturated rings. The fraction of sp³-hybridized carbons (Fsp3) is 0.538. The highest BCUT2D eigenvalue weighted by Gasteiger charge is 2.44. The molecule has 1 spiro atoms. The van der Waals surface area contributed by atoms with Crippen LogP contribution in [-0.4, -0.2) is 17.5 Å². The summed E-state index contributed by atoms with van der Waals surface area (Å²) in [6.45, 7) is -0.0432. The zero-order chi connectivity index (χ0) is 11.9. The van der Waals surface area contributed by atoms with Crippen LogP contribution in [0, 0.1) is 0 Å². The second-order valence-corrected chi connectivity index (χ2v) is 5.07. The Kier molecular flexibility index (Phi) is 2.77. The van der Waals surface area contributed by atoms with Crippen LogP contribution in [0.5, 0.6) is 5.75 Å². The second-order valence-electron chi connectivity index (χ2n) is 4.67. The number of hydrogen-bond donors (Lipinski definition) is 1. The number of benzene rings is 1. The van der Waals surface area contributed by atoms with Crippen molar-refractivity contribution in [3.8, 4) is 5.75 Å². The Morgan fingerprint density at radius 3 is 2.82 bits per heavy atom. The van der Waals surface area contributed by atoms with Crippen molar-refractivity contribution in [2.24, 2.45) is 0 Å². The molecular weight excluding hydrogens is 240 g/mol. The third kappa shape index (κ3) is 1.82. The number of para-hydroxylation sites is 1. The average molecular weight is 255 g/mol. The van der Waals surface area contributed by atoms with Gasteiger partial charge in [0.1, 0.15) is 11.9 Å². The zero-order valence-electron chi connectivity index (χ0n) is 9.49. The van der Waals surface area contributed by atoms with Crippen molar-refractivity contribution < 1.29 is 14.6 Å². The van der Waals surface area contributed by atoms with Gasteiger partial charge in [-0.05, 0) is 18.9 Å². The van der Waals surface area contributed by atoms with Crippen LogP contribution in [0.25, 0.3) is 0 Å². The number of halogens is 1. The predicted octanol–water partition coefficient (Wildman–Crippen LogP) is 3.05. The fourth-order valence-corrected chi connectivity index (χ4v) is 2.91. The quantitative estimate of drug-likeness (QED) is 0.837. The van der Waals surface area contributed by atoms with Gasteiger partial charge in [0.25, 0.3) is 0 Å². The molecule has 0 radical (unpaired) electrons. The van der Waals surface area contributed by atoms with E-state index in [0.717, 1.165) is 31.2 Å². The van der Waals surface area contributed by atoms with E-state index in [1.807, 2.05) is 18.2 Å². The number of hydrogen-bond acceptors (Lipinski definition) is 3. The van der Waals surface area contributed by atoms with Crippen LogP contribution in [0.1, 0.15) is 37.4 Å². The molecule has 1 aliphatic carbocycles. The molecule has 3 nitrogen and oxygen atoms in total. The Morgan fingerprint density at radius 1 is 1.35 bits per heavy atom. The minimum atomic E-state index is -0.564. The molecule has 92 valence electrons. The molecule has 1 atom stereocenters. The van der Waals surface area contributed by atoms with E-state index in [0.29, 0.717) is 10.8 Å². The largest absolute Gasteiger partial charge is 0.460 e. The first-order valence-electron chi connectivity index (χ1n) is 6.00. The highest BCUT2D eigenvalue weighted by atomic mass is 35.5. The highest BCUT2D eigenvalue weighted by Crippen LogP contribution is 2.48. The minimum absolute atomic E-state index is 0.0432. The average Bonchev–Trinajstić information content (AvgIpc) is 2.78. The molecule has 0 amide bonds. The molecule has 2 aliphatic rings. The first-order chi connectivity index (χ1) is 8.24. The Morgan fingerprint density at radius 2 is 2.12 bits per heavy atom. The van der Waals surface area contributed by atoms with Crippen molar-refractivity contribution in [2.75, 3.05) is 6.61 Å². The summed E-state index contributed by atoms with van der Waals surface area (Å²) in [6.07, 6.45) is 3.61. The Labute approximate surface area is 105 Å². The van der Waals surface area contributed by atoms with E-state index in [-0.39, 0.29) is 12.7 Å². The lowest BCUT2D eigenvalue weighted by Gasteiger charge is -2.39. The molecule has 0 bridgehead atoms. The first kappa shape index (κ1) is 11.3. The summed E-state index contributed by atoms with van der Waals surface area (Å²) >= 11 is 6.16. The molecule has 3 rings (SSSR count). The first-order valence-corrected chi connectivity index (χ1v) is 6.38. The minimum Gasteiger partial charge on any atom is -0.460 e. The van der Waals surface area contributed by atoms with E-state index in [1.54, 1.807) is 0 Å². The van der Waals surface area contributed by atoms with Gasteiger partial charge in [-0.2, -0.15) is 0 Å². The van der Waals surface area contributed by atoms with E-state index < -0.39 is 5.79 Å². The van der Waals surface area contributed by atoms with Crippen LogP contribution in [0.15, 0.2) is 18.2 Å². The summed E-state index contributed by atoms with van der Waals surface area (Å²) in [5, 5.41) is 10.0. The van der Waals surface area contributed by atoms with Crippen LogP contribution >= 0.6 is 11.6 Å². The number of ether oxygens (including phenoxy) is 2. The summed E-state index contributed by atoms with van der Waals surface area (Å²) in [6, 6.07) is 5.55. The molecule has 0 saturated heterocycles. The van der Waals surface area contributed by atoms with Gasteiger partial charge in [0.2, 0.25) is 5.79 Å². The second kappa shape index (κ2) is 4.16. The lowest BCUT2D eigenvalue weighted by Crippen LogP contribution is -2.42. The van der Waals surface area contributed by atoms with E-state index >= 15 is 0 Å². The third-order valence-corrected chi connectivity index (χ3v) is 3.82. The normalized spacial score (nSPS) is 25.6. The van der Waals surface area contributed by atoms with Gasteiger partial charge in [-0.15, -0.1) is 0 Å². The lowest BCUT2D eigenvalue weighted by molar-refractivity contribution is -0.232. The van der Waals surface area contributed by atoms with E-state index in [1.165, 1.54) is 0 Å². The number of rotatable bonds is 1. The monoisotopic (exact) mass is 254 g/mol. The van der Waals surface area contributed by atoms with Gasteiger partial charge in [-0.3, -0.25) is 0 Å². The van der Waals surface area contributed by atoms with Gasteiger partial charge in [0.05, 0.1) is 11.6 Å². The maximum absolute atomic E-state index is 9.45. The molecule has 17 heavy (non-hydrogen) atoms. The van der Waals surface area contributed by atoms with Gasteiger partial charge >= 0.3 is 0 Å². The van der Waals surface area contributed by atoms with Crippen molar-refractivity contribution in [3.63, 3.8) is 0 Å². The van der Waals surface area contributed by atoms with Crippen LogP contribution in [0.3, 0.4) is 0 Å². The van der Waals surface area contributed by atoms with Crippen LogP contribution < -0.4 is 4.74 Å². The number of aliphatic hydroxyl groups excluding tert-OH is 1. The Balaban J connectivity index is 2.04. The third-order valence-electron chi connectivity index (χ3n) is 3.52. The summed E-state index contributed by atoms with van der Waals surface area (Å²) in [4.78, 5) is 0. The summed E-state index contributed by atoms with van der Waals surface area (Å²) in [5.41, 5.74) is 0.845. The molecule has 0 aromatic heterocycles. The van der Waals surface area contributed by atoms with Crippen LogP contribution in [0.4, 0.5) is 0 Å². The van der Waals surface area contributed by atoms with E-state index in [4.69, 9.17) is 21.1 Å². The molecule has 1 aliphatic heterocycles. The molecule has 1 heterocycles. The molecule has 1 aromatic carbocycles. The van der Waals surface area contributed by atoms with E-state index in [9.17, 15) is 5.11 Å². The predicted molar refractivity (Wildman–Crippen MR) is 64.2 cm³/mol. The summed E-state index contributed by atoms with van der Waals surface area (Å²) in [5.74, 6) is 0.118. The molecule has 1 aromatic rings. The molecule has 4 heteroatoms. The van der Waals surface area contributed by atoms with Crippen molar-refractivity contribution in [3.05, 3.63) is 28.8 Å². The summed E-state index contributed by atoms with van der Waals surface area (Å²) < 4.78 is 11.9. The lowest BCUT2D eigenvalue weighted by atomic mass is 10.0. The zero-order valence-corrected chi connectivity index (χ0v) is 10.2. The molecule has 1 saturated carbocycles. The Hall–Kier alpha value is -0.770. The molecular formula is C13H15ClO3. The Bertz CT molecular complexity index is 427. The number of aliphatic hydroxyl groups is 1. The van der Waals surface area contributed by atoms with E-state index in [2.05, 4.69) is 0 Å². The van der Waals surface area contributed by atoms with Gasteiger partial charge in [-0.25, -0.2) is 0 Å². The van der Waals surface area contributed by atoms with Gasteiger partial charge in [-0.1, -0.05) is 23.7 Å². The molecule has 0 unspecified atom stereocenters. The van der Waals surface area contributed by atoms with Crippen LogP contribution in [0.2, 0.25) is 5.02 Å². The molecule has 1 N–H and O–H groups in total. The van der Waals surface area contributed by atoms with Gasteiger partial charge in [0.15, 0.2) is 0 Å². The van der Waals surface area contributed by atoms with Crippen molar-refractivity contribution in [1.82, 2.24) is 0 Å². The maximum Gasteiger partial charge on any atom is 0.211 e. The van der Waals surface area contributed by atoms with Crippen LogP contribution in [-0.2, 0) is 4.74 Å². The SMILES string of the molecule is OC[C@@H]1OC2(CCCC2)Oc2c(Cl)cccc21. The summed E-state index contributed by atoms with van der Waals surface area (Å²) in [7, 11) is 0. The van der Waals surface area contributed by atoms with Gasteiger partial charge in [0, 0.05) is 18.4 Å². The standard InChI is InChI=1S/C13H15ClO3/c14-10-5-3-4-9-11(8-15)16-13(17-12(9)10)6-1-2-7-13/h3-5,11,15H,1-2,6-8H2/t11-/m0/s1. The van der Waals surface area contributed by atoms with Gasteiger partial charge < -0.3 is 14.6 Å². The van der Waals surface area contributed by atoms with Crippen molar-refractivity contribution >= 4 is 11.6 Å². The maximum atomic E-state index is 9.45. The smallest absolute Gasteiger partial charge is 0.211 e. The number of fused-ring (bicyclic) bond motifs is 1. The topological polar surface area (TPSA) is 38.7 Å². The highest BCUT2D eigenvalue weighted by molar-refractivity contribution is 6.32. The fourth-order valence-electron chi connectivity index (χ4n) is 2.69. The van der Waals surface area contributed by atoms with Crippen molar-refractivity contribution in [1.29, 1.82) is 0 Å².